The van der Waals surface area contributed by atoms with Crippen LogP contribution in [-0.2, 0) is 4.79 Å². The van der Waals surface area contributed by atoms with E-state index < -0.39 is 0 Å². The van der Waals surface area contributed by atoms with Crippen molar-refractivity contribution in [2.24, 2.45) is 0 Å². The second-order valence-electron chi connectivity index (χ2n) is 5.05. The number of carbonyl (C=O) groups is 1. The quantitative estimate of drug-likeness (QED) is 0.714. The zero-order valence-electron chi connectivity index (χ0n) is 10.8. The van der Waals surface area contributed by atoms with Gasteiger partial charge in [0.1, 0.15) is 5.78 Å². The van der Waals surface area contributed by atoms with Crippen LogP contribution < -0.4 is 0 Å². The molecule has 1 unspecified atom stereocenters. The molecule has 96 valence electrons. The molecule has 0 amide bonds. The maximum atomic E-state index is 12.0. The van der Waals surface area contributed by atoms with Gasteiger partial charge in [0.05, 0.1) is 18.7 Å². The molecular formula is C15H20N2O. The standard InChI is InChI=1S/C15H20N2O/c16-10-11-17(12-13-6-2-1-3-7-13)14-8-4-5-9-15(14)18/h2,6-7,14H,1,3-5,8-9,11-12H2. The SMILES string of the molecule is N#CCN(CC1=CCCC=C1)C1CCCCC1=O. The summed E-state index contributed by atoms with van der Waals surface area (Å²) in [4.78, 5) is 14.0. The molecule has 18 heavy (non-hydrogen) atoms. The monoisotopic (exact) mass is 244 g/mol. The largest absolute Gasteiger partial charge is 0.298 e. The van der Waals surface area contributed by atoms with E-state index in [4.69, 9.17) is 5.26 Å². The van der Waals surface area contributed by atoms with E-state index in [1.54, 1.807) is 0 Å². The Labute approximate surface area is 109 Å². The molecule has 0 aromatic rings. The fourth-order valence-electron chi connectivity index (χ4n) is 2.74. The number of Topliss-reactive ketones (excluding diaryl/α,β-unsaturated/α-hetero) is 1. The molecule has 2 aliphatic rings. The van der Waals surface area contributed by atoms with Crippen LogP contribution in [0.25, 0.3) is 0 Å². The number of rotatable bonds is 4. The summed E-state index contributed by atoms with van der Waals surface area (Å²) in [5.41, 5.74) is 1.25. The molecule has 0 N–H and O–H groups in total. The molecule has 2 rings (SSSR count). The maximum Gasteiger partial charge on any atom is 0.150 e. The van der Waals surface area contributed by atoms with Gasteiger partial charge in [-0.25, -0.2) is 0 Å². The molecule has 3 heteroatoms. The summed E-state index contributed by atoms with van der Waals surface area (Å²) < 4.78 is 0. The van der Waals surface area contributed by atoms with Crippen LogP contribution in [0.4, 0.5) is 0 Å². The normalized spacial score (nSPS) is 23.9. The van der Waals surface area contributed by atoms with E-state index in [2.05, 4.69) is 24.3 Å². The number of nitrogens with zero attached hydrogens (tertiary/aromatic N) is 2. The number of hydrogen-bond donors (Lipinski definition) is 0. The van der Waals surface area contributed by atoms with Crippen molar-refractivity contribution in [3.63, 3.8) is 0 Å². The molecule has 0 radical (unpaired) electrons. The van der Waals surface area contributed by atoms with Crippen molar-refractivity contribution < 1.29 is 4.79 Å². The van der Waals surface area contributed by atoms with Crippen molar-refractivity contribution in [2.75, 3.05) is 13.1 Å². The van der Waals surface area contributed by atoms with Crippen LogP contribution in [0.5, 0.6) is 0 Å². The van der Waals surface area contributed by atoms with Crippen LogP contribution in [0.1, 0.15) is 38.5 Å². The lowest BCUT2D eigenvalue weighted by atomic mass is 9.92. The first-order valence-electron chi connectivity index (χ1n) is 6.80. The number of carbonyl (C=O) groups excluding carboxylic acids is 1. The summed E-state index contributed by atoms with van der Waals surface area (Å²) in [5, 5.41) is 8.94. The van der Waals surface area contributed by atoms with Crippen molar-refractivity contribution in [3.05, 3.63) is 23.8 Å². The van der Waals surface area contributed by atoms with E-state index in [1.807, 2.05) is 4.90 Å². The van der Waals surface area contributed by atoms with Crippen molar-refractivity contribution in [1.29, 1.82) is 5.26 Å². The Bertz CT molecular complexity index is 403. The minimum absolute atomic E-state index is 0.0328. The molecule has 0 heterocycles. The van der Waals surface area contributed by atoms with Crippen LogP contribution in [-0.4, -0.2) is 29.8 Å². The van der Waals surface area contributed by atoms with E-state index >= 15 is 0 Å². The Balaban J connectivity index is 2.02. The summed E-state index contributed by atoms with van der Waals surface area (Å²) in [5.74, 6) is 0.317. The Morgan fingerprint density at radius 3 is 2.94 bits per heavy atom. The third kappa shape index (κ3) is 3.30. The van der Waals surface area contributed by atoms with Gasteiger partial charge in [-0.05, 0) is 31.3 Å². The summed E-state index contributed by atoms with van der Waals surface area (Å²) in [6.07, 6.45) is 12.4. The van der Waals surface area contributed by atoms with E-state index in [9.17, 15) is 4.79 Å². The van der Waals surface area contributed by atoms with Gasteiger partial charge in [-0.3, -0.25) is 9.69 Å². The van der Waals surface area contributed by atoms with E-state index in [0.29, 0.717) is 18.7 Å². The van der Waals surface area contributed by atoms with Gasteiger partial charge in [0, 0.05) is 13.0 Å². The second kappa shape index (κ2) is 6.51. The Hall–Kier alpha value is -1.40. The highest BCUT2D eigenvalue weighted by Crippen LogP contribution is 2.21. The highest BCUT2D eigenvalue weighted by Gasteiger charge is 2.28. The molecule has 0 aromatic carbocycles. The molecule has 1 fully saturated rings. The van der Waals surface area contributed by atoms with Gasteiger partial charge in [0.15, 0.2) is 0 Å². The van der Waals surface area contributed by atoms with Crippen LogP contribution in [0.15, 0.2) is 23.8 Å². The first kappa shape index (κ1) is 13.0. The number of ketones is 1. The van der Waals surface area contributed by atoms with Gasteiger partial charge in [-0.15, -0.1) is 0 Å². The molecule has 0 aromatic heterocycles. The molecule has 1 atom stereocenters. The molecule has 0 saturated heterocycles. The van der Waals surface area contributed by atoms with E-state index in [1.165, 1.54) is 5.57 Å². The zero-order chi connectivity index (χ0) is 12.8. The zero-order valence-corrected chi connectivity index (χ0v) is 10.8. The summed E-state index contributed by atoms with van der Waals surface area (Å²) in [6.45, 7) is 1.09. The molecule has 0 bridgehead atoms. The van der Waals surface area contributed by atoms with Crippen LogP contribution in [0, 0.1) is 11.3 Å². The van der Waals surface area contributed by atoms with Gasteiger partial charge < -0.3 is 0 Å². The summed E-state index contributed by atoms with van der Waals surface area (Å²) in [6, 6.07) is 2.16. The topological polar surface area (TPSA) is 44.1 Å². The Kier molecular flexibility index (Phi) is 4.72. The number of nitriles is 1. The lowest BCUT2D eigenvalue weighted by molar-refractivity contribution is -0.125. The first-order chi connectivity index (χ1) is 8.81. The van der Waals surface area contributed by atoms with Crippen LogP contribution >= 0.6 is 0 Å². The van der Waals surface area contributed by atoms with Gasteiger partial charge in [0.2, 0.25) is 0 Å². The minimum Gasteiger partial charge on any atom is -0.298 e. The van der Waals surface area contributed by atoms with Crippen LogP contribution in [0.2, 0.25) is 0 Å². The fourth-order valence-corrected chi connectivity index (χ4v) is 2.74. The van der Waals surface area contributed by atoms with Crippen molar-refractivity contribution in [1.82, 2.24) is 4.90 Å². The number of hydrogen-bond acceptors (Lipinski definition) is 3. The lowest BCUT2D eigenvalue weighted by Gasteiger charge is -2.31. The highest BCUT2D eigenvalue weighted by atomic mass is 16.1. The maximum absolute atomic E-state index is 12.0. The molecular weight excluding hydrogens is 224 g/mol. The smallest absolute Gasteiger partial charge is 0.150 e. The highest BCUT2D eigenvalue weighted by molar-refractivity contribution is 5.84. The van der Waals surface area contributed by atoms with Gasteiger partial charge in [-0.1, -0.05) is 24.6 Å². The van der Waals surface area contributed by atoms with Gasteiger partial charge >= 0.3 is 0 Å². The average molecular weight is 244 g/mol. The van der Waals surface area contributed by atoms with Gasteiger partial charge in [0.25, 0.3) is 0 Å². The third-order valence-corrected chi connectivity index (χ3v) is 3.69. The minimum atomic E-state index is -0.0328. The fraction of sp³-hybridized carbons (Fsp3) is 0.600. The second-order valence-corrected chi connectivity index (χ2v) is 5.05. The van der Waals surface area contributed by atoms with Gasteiger partial charge in [-0.2, -0.15) is 5.26 Å². The first-order valence-corrected chi connectivity index (χ1v) is 6.80. The van der Waals surface area contributed by atoms with E-state index in [-0.39, 0.29) is 6.04 Å². The number of allylic oxidation sites excluding steroid dienone is 2. The summed E-state index contributed by atoms with van der Waals surface area (Å²) >= 11 is 0. The molecule has 2 aliphatic carbocycles. The predicted molar refractivity (Wildman–Crippen MR) is 70.9 cm³/mol. The lowest BCUT2D eigenvalue weighted by Crippen LogP contribution is -2.44. The average Bonchev–Trinajstić information content (AvgIpc) is 2.40. The predicted octanol–water partition coefficient (Wildman–Crippen LogP) is 2.60. The van der Waals surface area contributed by atoms with Crippen molar-refractivity contribution >= 4 is 5.78 Å². The third-order valence-electron chi connectivity index (χ3n) is 3.69. The van der Waals surface area contributed by atoms with Crippen LogP contribution in [0.3, 0.4) is 0 Å². The summed E-state index contributed by atoms with van der Waals surface area (Å²) in [7, 11) is 0. The van der Waals surface area contributed by atoms with E-state index in [0.717, 1.165) is 38.6 Å². The molecule has 0 spiro atoms. The molecule has 3 nitrogen and oxygen atoms in total. The Morgan fingerprint density at radius 1 is 1.39 bits per heavy atom. The Morgan fingerprint density at radius 2 is 2.28 bits per heavy atom. The van der Waals surface area contributed by atoms with Crippen molar-refractivity contribution in [3.8, 4) is 6.07 Å². The molecule has 1 saturated carbocycles. The van der Waals surface area contributed by atoms with Crippen molar-refractivity contribution in [2.45, 2.75) is 44.6 Å². The molecule has 0 aliphatic heterocycles.